The summed E-state index contributed by atoms with van der Waals surface area (Å²) in [6, 6.07) is 3.62. The van der Waals surface area contributed by atoms with Gasteiger partial charge in [0.1, 0.15) is 5.41 Å². The monoisotopic (exact) mass is 345 g/mol. The minimum atomic E-state index is -1.00. The molecule has 0 aliphatic carbocycles. The number of carbonyl (C=O) groups is 2. The highest BCUT2D eigenvalue weighted by atomic mass is 35.5. The second-order valence-corrected chi connectivity index (χ2v) is 7.49. The number of carboxylic acids is 1. The van der Waals surface area contributed by atoms with Gasteiger partial charge in [-0.05, 0) is 31.9 Å². The molecule has 2 rings (SSSR count). The molecule has 1 aromatic rings. The van der Waals surface area contributed by atoms with Gasteiger partial charge >= 0.3 is 5.97 Å². The number of rotatable bonds is 5. The van der Waals surface area contributed by atoms with E-state index < -0.39 is 11.4 Å². The number of aliphatic carboxylic acids is 1. The third-order valence-electron chi connectivity index (χ3n) is 4.15. The first-order valence-corrected chi connectivity index (χ1v) is 8.35. The summed E-state index contributed by atoms with van der Waals surface area (Å²) in [5.41, 5.74) is -1.00. The summed E-state index contributed by atoms with van der Waals surface area (Å²) in [5.74, 6) is -1.27. The fourth-order valence-corrected chi connectivity index (χ4v) is 4.01. The van der Waals surface area contributed by atoms with Gasteiger partial charge in [0.25, 0.3) is 0 Å². The van der Waals surface area contributed by atoms with E-state index in [2.05, 4.69) is 0 Å². The van der Waals surface area contributed by atoms with Gasteiger partial charge in [0.2, 0.25) is 5.91 Å². The minimum Gasteiger partial charge on any atom is -0.481 e. The van der Waals surface area contributed by atoms with Crippen LogP contribution < -0.4 is 0 Å². The molecule has 0 aromatic carbocycles. The molecule has 5 nitrogen and oxygen atoms in total. The van der Waals surface area contributed by atoms with E-state index in [1.54, 1.807) is 11.0 Å². The van der Waals surface area contributed by atoms with Crippen molar-refractivity contribution in [2.24, 2.45) is 5.41 Å². The SMILES string of the molecule is COCC1(C(=O)O)CCCN(C(=O)C(C)c2ccc(Cl)s2)C1. The van der Waals surface area contributed by atoms with Gasteiger partial charge in [-0.15, -0.1) is 11.3 Å². The van der Waals surface area contributed by atoms with Gasteiger partial charge in [-0.1, -0.05) is 11.6 Å². The zero-order valence-corrected chi connectivity index (χ0v) is 14.2. The predicted molar refractivity (Wildman–Crippen MR) is 85.5 cm³/mol. The predicted octanol–water partition coefficient (Wildman–Crippen LogP) is 2.84. The Labute approximate surface area is 138 Å². The van der Waals surface area contributed by atoms with Crippen LogP contribution in [0.2, 0.25) is 4.34 Å². The molecule has 0 bridgehead atoms. The number of methoxy groups -OCH3 is 1. The maximum Gasteiger partial charge on any atom is 0.313 e. The third-order valence-corrected chi connectivity index (χ3v) is 5.57. The summed E-state index contributed by atoms with van der Waals surface area (Å²) in [6.45, 7) is 2.72. The molecule has 7 heteroatoms. The highest BCUT2D eigenvalue weighted by molar-refractivity contribution is 7.16. The number of likely N-dealkylation sites (tertiary alicyclic amines) is 1. The fraction of sp³-hybridized carbons (Fsp3) is 0.600. The number of nitrogens with zero attached hydrogens (tertiary/aromatic N) is 1. The molecule has 0 spiro atoms. The van der Waals surface area contributed by atoms with Gasteiger partial charge in [0, 0.05) is 25.1 Å². The van der Waals surface area contributed by atoms with E-state index in [1.165, 1.54) is 18.4 Å². The van der Waals surface area contributed by atoms with Crippen molar-refractivity contribution in [3.8, 4) is 0 Å². The van der Waals surface area contributed by atoms with Crippen molar-refractivity contribution in [2.45, 2.75) is 25.7 Å². The molecule has 1 saturated heterocycles. The number of halogens is 1. The maximum absolute atomic E-state index is 12.7. The Kier molecular flexibility index (Phi) is 5.47. The lowest BCUT2D eigenvalue weighted by molar-refractivity contribution is -0.159. The Morgan fingerprint density at radius 2 is 2.27 bits per heavy atom. The molecule has 1 amide bonds. The van der Waals surface area contributed by atoms with E-state index in [9.17, 15) is 14.7 Å². The molecule has 2 atom stereocenters. The van der Waals surface area contributed by atoms with Crippen molar-refractivity contribution in [1.29, 1.82) is 0 Å². The first-order valence-electron chi connectivity index (χ1n) is 7.16. The van der Waals surface area contributed by atoms with Crippen LogP contribution in [0.25, 0.3) is 0 Å². The lowest BCUT2D eigenvalue weighted by Gasteiger charge is -2.40. The van der Waals surface area contributed by atoms with Crippen molar-refractivity contribution in [3.63, 3.8) is 0 Å². The van der Waals surface area contributed by atoms with Crippen molar-refractivity contribution >= 4 is 34.8 Å². The van der Waals surface area contributed by atoms with Crippen molar-refractivity contribution in [2.75, 3.05) is 26.8 Å². The number of amides is 1. The van der Waals surface area contributed by atoms with Crippen LogP contribution in [0.15, 0.2) is 12.1 Å². The summed E-state index contributed by atoms with van der Waals surface area (Å²) in [7, 11) is 1.49. The molecule has 1 N–H and O–H groups in total. The number of piperidine rings is 1. The minimum absolute atomic E-state index is 0.0556. The Hall–Kier alpha value is -1.11. The Morgan fingerprint density at radius 3 is 2.82 bits per heavy atom. The first-order chi connectivity index (χ1) is 10.4. The molecule has 0 radical (unpaired) electrons. The quantitative estimate of drug-likeness (QED) is 0.891. The van der Waals surface area contributed by atoms with Crippen LogP contribution in [0.5, 0.6) is 0 Å². The van der Waals surface area contributed by atoms with E-state index in [0.29, 0.717) is 23.7 Å². The van der Waals surface area contributed by atoms with Crippen LogP contribution in [0.4, 0.5) is 0 Å². The van der Waals surface area contributed by atoms with Crippen LogP contribution in [0.3, 0.4) is 0 Å². The topological polar surface area (TPSA) is 66.8 Å². The second-order valence-electron chi connectivity index (χ2n) is 5.75. The van der Waals surface area contributed by atoms with Gasteiger partial charge in [0.15, 0.2) is 0 Å². The molecular formula is C15H20ClNO4S. The van der Waals surface area contributed by atoms with Gasteiger partial charge in [-0.3, -0.25) is 9.59 Å². The number of ether oxygens (including phenoxy) is 1. The first kappa shape index (κ1) is 17.2. The largest absolute Gasteiger partial charge is 0.481 e. The van der Waals surface area contributed by atoms with Crippen LogP contribution in [0.1, 0.15) is 30.6 Å². The maximum atomic E-state index is 12.7. The van der Waals surface area contributed by atoms with Gasteiger partial charge in [-0.25, -0.2) is 0 Å². The Morgan fingerprint density at radius 1 is 1.55 bits per heavy atom. The van der Waals surface area contributed by atoms with Crippen molar-refractivity contribution in [1.82, 2.24) is 4.90 Å². The molecule has 1 aromatic heterocycles. The summed E-state index contributed by atoms with van der Waals surface area (Å²) in [6.07, 6.45) is 1.19. The molecular weight excluding hydrogens is 326 g/mol. The average molecular weight is 346 g/mol. The second kappa shape index (κ2) is 6.98. The highest BCUT2D eigenvalue weighted by Crippen LogP contribution is 2.34. The number of hydrogen-bond acceptors (Lipinski definition) is 4. The van der Waals surface area contributed by atoms with Crippen LogP contribution in [-0.4, -0.2) is 48.7 Å². The number of thiophene rings is 1. The smallest absolute Gasteiger partial charge is 0.313 e. The van der Waals surface area contributed by atoms with Crippen LogP contribution >= 0.6 is 22.9 Å². The average Bonchev–Trinajstić information content (AvgIpc) is 2.92. The molecule has 122 valence electrons. The van der Waals surface area contributed by atoms with E-state index in [0.717, 1.165) is 4.88 Å². The highest BCUT2D eigenvalue weighted by Gasteiger charge is 2.44. The fourth-order valence-electron chi connectivity index (χ4n) is 2.91. The molecule has 1 fully saturated rings. The summed E-state index contributed by atoms with van der Waals surface area (Å²) in [4.78, 5) is 26.9. The Balaban J connectivity index is 2.14. The summed E-state index contributed by atoms with van der Waals surface area (Å²) >= 11 is 7.30. The zero-order valence-electron chi connectivity index (χ0n) is 12.7. The summed E-state index contributed by atoms with van der Waals surface area (Å²) in [5, 5.41) is 9.55. The van der Waals surface area contributed by atoms with Gasteiger partial charge in [-0.2, -0.15) is 0 Å². The van der Waals surface area contributed by atoms with Crippen molar-refractivity contribution in [3.05, 3.63) is 21.3 Å². The molecule has 0 saturated carbocycles. The molecule has 2 unspecified atom stereocenters. The van der Waals surface area contributed by atoms with Crippen LogP contribution in [-0.2, 0) is 14.3 Å². The third kappa shape index (κ3) is 3.45. The van der Waals surface area contributed by atoms with Gasteiger partial charge < -0.3 is 14.7 Å². The molecule has 2 heterocycles. The molecule has 1 aliphatic rings. The van der Waals surface area contributed by atoms with E-state index in [1.807, 2.05) is 13.0 Å². The van der Waals surface area contributed by atoms with Crippen LogP contribution in [0, 0.1) is 5.41 Å². The van der Waals surface area contributed by atoms with E-state index in [4.69, 9.17) is 16.3 Å². The summed E-state index contributed by atoms with van der Waals surface area (Å²) < 4.78 is 5.73. The lowest BCUT2D eigenvalue weighted by atomic mass is 9.80. The van der Waals surface area contributed by atoms with E-state index in [-0.39, 0.29) is 25.0 Å². The normalized spacial score (nSPS) is 23.3. The number of carbonyl (C=O) groups excluding carboxylic acids is 1. The molecule has 22 heavy (non-hydrogen) atoms. The van der Waals surface area contributed by atoms with Gasteiger partial charge in [0.05, 0.1) is 16.9 Å². The number of hydrogen-bond donors (Lipinski definition) is 1. The standard InChI is InChI=1S/C15H20ClNO4S/c1-10(11-4-5-12(16)22-11)13(18)17-7-3-6-15(8-17,9-21-2)14(19)20/h4-5,10H,3,6-9H2,1-2H3,(H,19,20). The lowest BCUT2D eigenvalue weighted by Crippen LogP contribution is -2.52. The van der Waals surface area contributed by atoms with E-state index >= 15 is 0 Å². The molecule has 1 aliphatic heterocycles. The number of carboxylic acid groups (broad SMARTS) is 1. The Bertz CT molecular complexity index is 557. The zero-order chi connectivity index (χ0) is 16.3. The van der Waals surface area contributed by atoms with Crippen molar-refractivity contribution < 1.29 is 19.4 Å².